The Kier molecular flexibility index (Phi) is 8.75. The number of ether oxygens (including phenoxy) is 2. The lowest BCUT2D eigenvalue weighted by molar-refractivity contribution is -0.151. The highest BCUT2D eigenvalue weighted by Gasteiger charge is 2.26. The molecule has 2 atom stereocenters. The van der Waals surface area contributed by atoms with Crippen LogP contribution in [-0.2, 0) is 25.5 Å². The summed E-state index contributed by atoms with van der Waals surface area (Å²) in [6, 6.07) is 17.4. The molecule has 0 heterocycles. The van der Waals surface area contributed by atoms with Gasteiger partial charge in [-0.2, -0.15) is 0 Å². The van der Waals surface area contributed by atoms with Crippen LogP contribution in [0.4, 0.5) is 4.79 Å². The lowest BCUT2D eigenvalue weighted by atomic mass is 9.95. The molecular weight excluding hydrogens is 398 g/mol. The molecule has 2 amide bonds. The molecule has 0 aromatic heterocycles. The number of primary amides is 1. The first-order valence-electron chi connectivity index (χ1n) is 10.0. The molecule has 0 aliphatic heterocycles. The van der Waals surface area contributed by atoms with E-state index in [1.165, 1.54) is 0 Å². The molecule has 0 radical (unpaired) electrons. The van der Waals surface area contributed by atoms with Crippen LogP contribution in [0.15, 0.2) is 54.6 Å². The van der Waals surface area contributed by atoms with Crippen LogP contribution in [0.2, 0.25) is 0 Å². The highest BCUT2D eigenvalue weighted by molar-refractivity contribution is 6.34. The first kappa shape index (κ1) is 23.6. The van der Waals surface area contributed by atoms with Gasteiger partial charge in [0.15, 0.2) is 0 Å². The summed E-state index contributed by atoms with van der Waals surface area (Å²) in [5.41, 5.74) is 8.02. The molecule has 2 rings (SSSR count). The summed E-state index contributed by atoms with van der Waals surface area (Å²) in [7, 11) is 0. The number of carbonyl (C=O) groups excluding carboxylic acids is 3. The number of hydrogen-bond donors (Lipinski definition) is 3. The standard InChI is InChI=1S/C23H27N3O5/c1-3-30-22(28)15(2)13-19(26-21(27)20(24)31-23(25)29)14-16-9-11-18(12-10-16)17-7-5-4-6-8-17/h4-12,15,19,24H,3,13-14H2,1-2H3,(H2,25,29)(H,26,27)/p+1. The molecule has 8 heteroatoms. The van der Waals surface area contributed by atoms with Gasteiger partial charge in [-0.05, 0) is 36.5 Å². The minimum atomic E-state index is -1.18. The lowest BCUT2D eigenvalue weighted by Crippen LogP contribution is -2.55. The SMILES string of the molecule is CCOC(=O)C(C)CC(Cc1ccc(-c2ccccc2)cc1)NC(=O)C(=[NH2+])OC(N)=O. The average molecular weight is 426 g/mol. The number of amides is 2. The molecule has 2 aromatic rings. The highest BCUT2D eigenvalue weighted by Crippen LogP contribution is 2.21. The molecule has 5 N–H and O–H groups in total. The van der Waals surface area contributed by atoms with Crippen LogP contribution in [0.1, 0.15) is 25.8 Å². The fraction of sp³-hybridized carbons (Fsp3) is 0.304. The van der Waals surface area contributed by atoms with E-state index in [1.807, 2.05) is 54.6 Å². The first-order chi connectivity index (χ1) is 14.8. The monoisotopic (exact) mass is 426 g/mol. The third-order valence-corrected chi connectivity index (χ3v) is 4.64. The summed E-state index contributed by atoms with van der Waals surface area (Å²) in [5, 5.41) is 8.18. The van der Waals surface area contributed by atoms with Crippen LogP contribution in [0.25, 0.3) is 11.1 Å². The van der Waals surface area contributed by atoms with E-state index >= 15 is 0 Å². The Morgan fingerprint density at radius 3 is 2.23 bits per heavy atom. The number of carbonyl (C=O) groups is 3. The van der Waals surface area contributed by atoms with Crippen molar-refractivity contribution in [3.63, 3.8) is 0 Å². The van der Waals surface area contributed by atoms with Crippen molar-refractivity contribution < 1.29 is 29.3 Å². The van der Waals surface area contributed by atoms with Gasteiger partial charge >= 0.3 is 23.9 Å². The average Bonchev–Trinajstić information content (AvgIpc) is 2.74. The van der Waals surface area contributed by atoms with Gasteiger partial charge in [0.05, 0.1) is 12.5 Å². The van der Waals surface area contributed by atoms with Gasteiger partial charge in [0.2, 0.25) is 0 Å². The van der Waals surface area contributed by atoms with Gasteiger partial charge < -0.3 is 20.5 Å². The molecular formula is C23H28N3O5+. The normalized spacial score (nSPS) is 12.3. The van der Waals surface area contributed by atoms with Crippen molar-refractivity contribution in [2.24, 2.45) is 11.7 Å². The summed E-state index contributed by atoms with van der Waals surface area (Å²) < 4.78 is 9.51. The molecule has 164 valence electrons. The maximum absolute atomic E-state index is 12.3. The molecule has 0 fully saturated rings. The molecule has 8 nitrogen and oxygen atoms in total. The van der Waals surface area contributed by atoms with Crippen molar-refractivity contribution in [3.8, 4) is 11.1 Å². The van der Waals surface area contributed by atoms with E-state index in [9.17, 15) is 14.4 Å². The van der Waals surface area contributed by atoms with Gasteiger partial charge in [-0.3, -0.25) is 9.59 Å². The number of benzene rings is 2. The number of rotatable bonds is 8. The minimum Gasteiger partial charge on any atom is -0.466 e. The summed E-state index contributed by atoms with van der Waals surface area (Å²) in [4.78, 5) is 35.2. The molecule has 2 unspecified atom stereocenters. The number of nitrogens with one attached hydrogen (secondary N) is 1. The van der Waals surface area contributed by atoms with E-state index in [1.54, 1.807) is 13.8 Å². The van der Waals surface area contributed by atoms with Gasteiger partial charge in [-0.15, -0.1) is 0 Å². The predicted molar refractivity (Wildman–Crippen MR) is 116 cm³/mol. The van der Waals surface area contributed by atoms with Gasteiger partial charge in [0, 0.05) is 6.04 Å². The van der Waals surface area contributed by atoms with Crippen molar-refractivity contribution in [2.45, 2.75) is 32.7 Å². The maximum atomic E-state index is 12.3. The van der Waals surface area contributed by atoms with Crippen LogP contribution in [0, 0.1) is 5.92 Å². The Bertz CT molecular complexity index is 913. The molecule has 0 bridgehead atoms. The second-order valence-corrected chi connectivity index (χ2v) is 7.11. The van der Waals surface area contributed by atoms with Crippen LogP contribution in [-0.4, -0.2) is 36.5 Å². The fourth-order valence-corrected chi connectivity index (χ4v) is 3.16. The van der Waals surface area contributed by atoms with Crippen molar-refractivity contribution in [1.29, 1.82) is 0 Å². The Morgan fingerprint density at radius 2 is 1.65 bits per heavy atom. The number of esters is 1. The van der Waals surface area contributed by atoms with Gasteiger partial charge in [-0.1, -0.05) is 61.5 Å². The fourth-order valence-electron chi connectivity index (χ4n) is 3.16. The van der Waals surface area contributed by atoms with Crippen LogP contribution < -0.4 is 16.5 Å². The molecule has 0 saturated carbocycles. The summed E-state index contributed by atoms with van der Waals surface area (Å²) in [5.74, 6) is -2.24. The predicted octanol–water partition coefficient (Wildman–Crippen LogP) is 1.22. The van der Waals surface area contributed by atoms with Crippen molar-refractivity contribution in [1.82, 2.24) is 5.32 Å². The summed E-state index contributed by atoms with van der Waals surface area (Å²) in [6.45, 7) is 3.73. The Labute approximate surface area is 181 Å². The molecule has 0 aliphatic carbocycles. The van der Waals surface area contributed by atoms with Gasteiger partial charge in [0.1, 0.15) is 0 Å². The van der Waals surface area contributed by atoms with E-state index in [2.05, 4.69) is 10.1 Å². The third kappa shape index (κ3) is 7.58. The van der Waals surface area contributed by atoms with Gasteiger partial charge in [0.25, 0.3) is 0 Å². The Balaban J connectivity index is 2.13. The summed E-state index contributed by atoms with van der Waals surface area (Å²) >= 11 is 0. The molecule has 0 aliphatic rings. The van der Waals surface area contributed by atoms with Crippen molar-refractivity contribution >= 4 is 23.9 Å². The Morgan fingerprint density at radius 1 is 1.03 bits per heavy atom. The zero-order valence-electron chi connectivity index (χ0n) is 17.7. The second-order valence-electron chi connectivity index (χ2n) is 7.11. The minimum absolute atomic E-state index is 0.272. The van der Waals surface area contributed by atoms with Crippen LogP contribution in [0.5, 0.6) is 0 Å². The third-order valence-electron chi connectivity index (χ3n) is 4.64. The van der Waals surface area contributed by atoms with Crippen LogP contribution >= 0.6 is 0 Å². The zero-order chi connectivity index (χ0) is 22.8. The number of nitrogens with two attached hydrogens (primary N) is 2. The lowest BCUT2D eigenvalue weighted by Gasteiger charge is -2.21. The smallest absolute Gasteiger partial charge is 0.435 e. The van der Waals surface area contributed by atoms with E-state index in [0.717, 1.165) is 16.7 Å². The number of hydrogen-bond acceptors (Lipinski definition) is 5. The highest BCUT2D eigenvalue weighted by atomic mass is 16.6. The van der Waals surface area contributed by atoms with E-state index in [4.69, 9.17) is 15.9 Å². The topological polar surface area (TPSA) is 133 Å². The van der Waals surface area contributed by atoms with Gasteiger partial charge in [-0.25, -0.2) is 10.2 Å². The second kappa shape index (κ2) is 11.5. The Hall–Kier alpha value is -3.68. The van der Waals surface area contributed by atoms with E-state index in [-0.39, 0.29) is 12.6 Å². The quantitative estimate of drug-likeness (QED) is 0.332. The van der Waals surface area contributed by atoms with Crippen molar-refractivity contribution in [3.05, 3.63) is 60.2 Å². The van der Waals surface area contributed by atoms with E-state index in [0.29, 0.717) is 12.8 Å². The first-order valence-corrected chi connectivity index (χ1v) is 10.0. The molecule has 0 spiro atoms. The zero-order valence-corrected chi connectivity index (χ0v) is 17.7. The largest absolute Gasteiger partial charge is 0.466 e. The molecule has 0 saturated heterocycles. The maximum Gasteiger partial charge on any atom is 0.435 e. The van der Waals surface area contributed by atoms with Crippen LogP contribution in [0.3, 0.4) is 0 Å². The summed E-state index contributed by atoms with van der Waals surface area (Å²) in [6.07, 6.45) is -0.427. The van der Waals surface area contributed by atoms with Crippen molar-refractivity contribution in [2.75, 3.05) is 6.61 Å². The molecule has 31 heavy (non-hydrogen) atoms. The molecule has 2 aromatic carbocycles. The van der Waals surface area contributed by atoms with E-state index < -0.39 is 29.9 Å².